The van der Waals surface area contributed by atoms with Crippen LogP contribution in [-0.2, 0) is 4.79 Å². The molecule has 4 rings (SSSR count). The van der Waals surface area contributed by atoms with Gasteiger partial charge in [-0.3, -0.25) is 18.7 Å². The summed E-state index contributed by atoms with van der Waals surface area (Å²) in [6.07, 6.45) is 6.56. The Labute approximate surface area is 152 Å². The first-order valence-corrected chi connectivity index (χ1v) is 8.92. The molecule has 10 heteroatoms. The predicted molar refractivity (Wildman–Crippen MR) is 95.4 cm³/mol. The van der Waals surface area contributed by atoms with Crippen LogP contribution in [0.5, 0.6) is 0 Å². The van der Waals surface area contributed by atoms with E-state index in [1.807, 2.05) is 0 Å². The van der Waals surface area contributed by atoms with Gasteiger partial charge in [-0.1, -0.05) is 11.8 Å². The van der Waals surface area contributed by atoms with Gasteiger partial charge in [0.1, 0.15) is 24.3 Å². The lowest BCUT2D eigenvalue weighted by Gasteiger charge is -2.13. The third kappa shape index (κ3) is 3.23. The fourth-order valence-electron chi connectivity index (χ4n) is 2.77. The summed E-state index contributed by atoms with van der Waals surface area (Å²) in [5.41, 5.74) is 0.562. The van der Waals surface area contributed by atoms with Crippen LogP contribution in [0.15, 0.2) is 47.1 Å². The average Bonchev–Trinajstić information content (AvgIpc) is 3.25. The number of thioether (sulfide) groups is 1. The molecular weight excluding hydrogens is 354 g/mol. The van der Waals surface area contributed by atoms with Crippen molar-refractivity contribution >= 4 is 23.5 Å². The van der Waals surface area contributed by atoms with Crippen molar-refractivity contribution in [3.8, 4) is 5.82 Å². The molecule has 0 radical (unpaired) electrons. The Morgan fingerprint density at radius 1 is 1.38 bits per heavy atom. The molecule has 0 fully saturated rings. The number of aryl methyl sites for hydroxylation is 1. The molecule has 1 aliphatic heterocycles. The molecule has 132 valence electrons. The van der Waals surface area contributed by atoms with Crippen LogP contribution < -0.4 is 10.9 Å². The summed E-state index contributed by atoms with van der Waals surface area (Å²) in [6, 6.07) is 2.93. The van der Waals surface area contributed by atoms with E-state index in [1.165, 1.54) is 24.2 Å². The molecule has 0 saturated carbocycles. The first-order valence-electron chi connectivity index (χ1n) is 7.93. The second kappa shape index (κ2) is 6.71. The molecule has 1 unspecified atom stereocenters. The van der Waals surface area contributed by atoms with Gasteiger partial charge in [0, 0.05) is 42.4 Å². The maximum Gasteiger partial charge on any atom is 0.254 e. The van der Waals surface area contributed by atoms with Gasteiger partial charge in [0.25, 0.3) is 5.56 Å². The van der Waals surface area contributed by atoms with Crippen molar-refractivity contribution in [3.63, 3.8) is 0 Å². The minimum atomic E-state index is -0.217. The number of carbonyl (C=O) groups excluding carboxylic acids is 1. The van der Waals surface area contributed by atoms with Crippen LogP contribution in [0.3, 0.4) is 0 Å². The van der Waals surface area contributed by atoms with Crippen LogP contribution in [0.1, 0.15) is 18.2 Å². The largest absolute Gasteiger partial charge is 0.310 e. The molecule has 4 heterocycles. The highest BCUT2D eigenvalue weighted by Crippen LogP contribution is 2.32. The minimum absolute atomic E-state index is 0.125. The van der Waals surface area contributed by atoms with E-state index in [0.717, 1.165) is 0 Å². The van der Waals surface area contributed by atoms with Crippen LogP contribution in [0, 0.1) is 6.92 Å². The van der Waals surface area contributed by atoms with Crippen molar-refractivity contribution in [1.29, 1.82) is 0 Å². The molecule has 3 aromatic heterocycles. The Bertz CT molecular complexity index is 1020. The molecule has 1 amide bonds. The van der Waals surface area contributed by atoms with Gasteiger partial charge in [-0.05, 0) is 6.92 Å². The predicted octanol–water partition coefficient (Wildman–Crippen LogP) is 1.20. The van der Waals surface area contributed by atoms with Gasteiger partial charge in [0.05, 0.1) is 6.04 Å². The maximum absolute atomic E-state index is 12.4. The number of hydrogen-bond acceptors (Lipinski definition) is 7. The third-order valence-corrected chi connectivity index (χ3v) is 5.03. The van der Waals surface area contributed by atoms with Gasteiger partial charge < -0.3 is 5.32 Å². The van der Waals surface area contributed by atoms with Gasteiger partial charge in [-0.25, -0.2) is 19.9 Å². The number of imidazole rings is 1. The molecule has 1 aliphatic rings. The Hall–Kier alpha value is -3.01. The number of hydrogen-bond donors (Lipinski definition) is 1. The van der Waals surface area contributed by atoms with Crippen LogP contribution in [-0.4, -0.2) is 40.7 Å². The van der Waals surface area contributed by atoms with Crippen LogP contribution in [0.4, 0.5) is 5.82 Å². The third-order valence-electron chi connectivity index (χ3n) is 3.93. The van der Waals surface area contributed by atoms with E-state index in [0.29, 0.717) is 28.2 Å². The number of rotatable bonds is 4. The second-order valence-corrected chi connectivity index (χ2v) is 6.82. The normalized spacial score (nSPS) is 15.7. The molecule has 1 atom stereocenters. The highest BCUT2D eigenvalue weighted by Gasteiger charge is 2.27. The first kappa shape index (κ1) is 16.5. The van der Waals surface area contributed by atoms with E-state index in [2.05, 4.69) is 25.3 Å². The smallest absolute Gasteiger partial charge is 0.254 e. The van der Waals surface area contributed by atoms with Gasteiger partial charge >= 0.3 is 0 Å². The van der Waals surface area contributed by atoms with Crippen molar-refractivity contribution in [3.05, 3.63) is 53.2 Å². The summed E-state index contributed by atoms with van der Waals surface area (Å²) in [4.78, 5) is 41.2. The number of aromatic nitrogens is 6. The fraction of sp³-hybridized carbons (Fsp3) is 0.250. The molecule has 0 aromatic carbocycles. The van der Waals surface area contributed by atoms with Crippen LogP contribution in [0.25, 0.3) is 5.82 Å². The van der Waals surface area contributed by atoms with E-state index in [-0.39, 0.29) is 23.9 Å². The molecule has 0 saturated heterocycles. The van der Waals surface area contributed by atoms with E-state index >= 15 is 0 Å². The van der Waals surface area contributed by atoms with E-state index in [1.54, 1.807) is 40.8 Å². The lowest BCUT2D eigenvalue weighted by Crippen LogP contribution is -2.27. The number of carbonyl (C=O) groups is 1. The lowest BCUT2D eigenvalue weighted by molar-refractivity contribution is -0.116. The fourth-order valence-corrected chi connectivity index (χ4v) is 3.97. The zero-order valence-corrected chi connectivity index (χ0v) is 14.7. The highest BCUT2D eigenvalue weighted by atomic mass is 32.2. The zero-order valence-electron chi connectivity index (χ0n) is 13.9. The molecule has 1 N–H and O–H groups in total. The van der Waals surface area contributed by atoms with Crippen molar-refractivity contribution in [2.75, 3.05) is 11.1 Å². The van der Waals surface area contributed by atoms with Gasteiger partial charge in [0.15, 0.2) is 5.16 Å². The Morgan fingerprint density at radius 2 is 2.27 bits per heavy atom. The van der Waals surface area contributed by atoms with E-state index in [4.69, 9.17) is 0 Å². The molecule has 0 bridgehead atoms. The van der Waals surface area contributed by atoms with Crippen molar-refractivity contribution < 1.29 is 4.79 Å². The average molecular weight is 369 g/mol. The summed E-state index contributed by atoms with van der Waals surface area (Å²) in [6.45, 7) is 1.79. The molecular formula is C16H15N7O2S. The number of fused-ring (bicyclic) bond motifs is 1. The lowest BCUT2D eigenvalue weighted by atomic mass is 10.2. The van der Waals surface area contributed by atoms with Crippen LogP contribution in [0.2, 0.25) is 0 Å². The maximum atomic E-state index is 12.4. The first-order chi connectivity index (χ1) is 12.6. The van der Waals surface area contributed by atoms with E-state index in [9.17, 15) is 9.59 Å². The Morgan fingerprint density at radius 3 is 3.08 bits per heavy atom. The van der Waals surface area contributed by atoms with Crippen molar-refractivity contribution in [2.45, 2.75) is 24.5 Å². The van der Waals surface area contributed by atoms with Crippen LogP contribution >= 0.6 is 11.8 Å². The number of anilines is 1. The molecule has 26 heavy (non-hydrogen) atoms. The Balaban J connectivity index is 1.48. The van der Waals surface area contributed by atoms with Gasteiger partial charge in [-0.15, -0.1) is 0 Å². The van der Waals surface area contributed by atoms with Crippen molar-refractivity contribution in [2.24, 2.45) is 0 Å². The summed E-state index contributed by atoms with van der Waals surface area (Å²) in [5.74, 6) is 1.43. The SMILES string of the molecule is Cc1cc(=O)n2c(n1)SCC2CC(=O)Nc1cc(-n2ccnc2)ncn1. The monoisotopic (exact) mass is 369 g/mol. The summed E-state index contributed by atoms with van der Waals surface area (Å²) in [5, 5.41) is 3.43. The van der Waals surface area contributed by atoms with E-state index < -0.39 is 0 Å². The van der Waals surface area contributed by atoms with Gasteiger partial charge in [0.2, 0.25) is 5.91 Å². The molecule has 3 aromatic rings. The summed E-state index contributed by atoms with van der Waals surface area (Å²) >= 11 is 1.49. The van der Waals surface area contributed by atoms with Crippen molar-refractivity contribution in [1.82, 2.24) is 29.1 Å². The van der Waals surface area contributed by atoms with Gasteiger partial charge in [-0.2, -0.15) is 0 Å². The second-order valence-electron chi connectivity index (χ2n) is 5.84. The number of nitrogens with one attached hydrogen (secondary N) is 1. The number of amides is 1. The quantitative estimate of drug-likeness (QED) is 0.689. The number of nitrogens with zero attached hydrogens (tertiary/aromatic N) is 6. The minimum Gasteiger partial charge on any atom is -0.310 e. The highest BCUT2D eigenvalue weighted by molar-refractivity contribution is 7.99. The Kier molecular flexibility index (Phi) is 4.25. The standard InChI is InChI=1S/C16H15N7O2S/c1-10-4-15(25)23-11(7-26-16(23)20-10)5-14(24)21-12-6-13(19-8-18-12)22-3-2-17-9-22/h2-4,6,8-9,11H,5,7H2,1H3,(H,18,19,21,24). The molecule has 0 spiro atoms. The summed E-state index contributed by atoms with van der Waals surface area (Å²) in [7, 11) is 0. The summed E-state index contributed by atoms with van der Waals surface area (Å²) < 4.78 is 3.31. The zero-order chi connectivity index (χ0) is 18.1. The molecule has 9 nitrogen and oxygen atoms in total. The molecule has 0 aliphatic carbocycles. The topological polar surface area (TPSA) is 108 Å².